The van der Waals surface area contributed by atoms with Crippen molar-refractivity contribution in [1.82, 2.24) is 15.5 Å². The Kier molecular flexibility index (Phi) is 5.35. The van der Waals surface area contributed by atoms with E-state index in [0.29, 0.717) is 22.9 Å². The first-order valence-corrected chi connectivity index (χ1v) is 10.7. The van der Waals surface area contributed by atoms with Crippen LogP contribution < -0.4 is 5.32 Å². The van der Waals surface area contributed by atoms with Crippen LogP contribution in [0.4, 0.5) is 0 Å². The van der Waals surface area contributed by atoms with E-state index in [0.717, 1.165) is 11.8 Å². The zero-order valence-corrected chi connectivity index (χ0v) is 15.7. The monoisotopic (exact) mass is 401 g/mol. The van der Waals surface area contributed by atoms with Crippen molar-refractivity contribution >= 4 is 39.1 Å². The number of aromatic nitrogens is 2. The lowest BCUT2D eigenvalue weighted by Gasteiger charge is -2.14. The Morgan fingerprint density at radius 1 is 1.44 bits per heavy atom. The number of thioether (sulfide) groups is 1. The summed E-state index contributed by atoms with van der Waals surface area (Å²) in [4.78, 5) is 12.2. The molecule has 2 atom stereocenters. The largest absolute Gasteiger partial charge is 0.411 e. The van der Waals surface area contributed by atoms with Gasteiger partial charge in [0.25, 0.3) is 5.22 Å². The summed E-state index contributed by atoms with van der Waals surface area (Å²) in [6.07, 6.45) is 0.449. The third-order valence-corrected chi connectivity index (χ3v) is 6.64. The Bertz CT molecular complexity index is 884. The van der Waals surface area contributed by atoms with Gasteiger partial charge in [-0.05, 0) is 31.5 Å². The van der Waals surface area contributed by atoms with Gasteiger partial charge in [-0.25, -0.2) is 8.42 Å². The second kappa shape index (κ2) is 7.35. The molecule has 0 saturated carbocycles. The summed E-state index contributed by atoms with van der Waals surface area (Å²) < 4.78 is 28.4. The predicted octanol–water partition coefficient (Wildman–Crippen LogP) is 2.17. The molecule has 1 aliphatic heterocycles. The van der Waals surface area contributed by atoms with Crippen molar-refractivity contribution < 1.29 is 17.6 Å². The SMILES string of the molecule is C[C@@H](Sc1nnc(-c2cccc(Cl)c2)o1)C(=O)N[C@H]1CCS(=O)(=O)C1. The van der Waals surface area contributed by atoms with Crippen molar-refractivity contribution in [3.8, 4) is 11.5 Å². The second-order valence-corrected chi connectivity index (χ2v) is 9.71. The third-order valence-electron chi connectivity index (χ3n) is 3.70. The zero-order valence-electron chi connectivity index (χ0n) is 13.3. The topological polar surface area (TPSA) is 102 Å². The molecule has 3 rings (SSSR count). The van der Waals surface area contributed by atoms with Crippen molar-refractivity contribution in [3.05, 3.63) is 29.3 Å². The van der Waals surface area contributed by atoms with E-state index in [2.05, 4.69) is 15.5 Å². The van der Waals surface area contributed by atoms with Crippen molar-refractivity contribution in [1.29, 1.82) is 0 Å². The molecular weight excluding hydrogens is 386 g/mol. The number of amides is 1. The molecule has 7 nitrogen and oxygen atoms in total. The van der Waals surface area contributed by atoms with Gasteiger partial charge >= 0.3 is 0 Å². The smallest absolute Gasteiger partial charge is 0.277 e. The summed E-state index contributed by atoms with van der Waals surface area (Å²) in [6, 6.07) is 6.70. The average molecular weight is 402 g/mol. The molecule has 1 aliphatic rings. The van der Waals surface area contributed by atoms with E-state index in [1.54, 1.807) is 31.2 Å². The molecular formula is C15H16ClN3O4S2. The van der Waals surface area contributed by atoms with Gasteiger partial charge in [0, 0.05) is 16.6 Å². The van der Waals surface area contributed by atoms with E-state index >= 15 is 0 Å². The van der Waals surface area contributed by atoms with Crippen LogP contribution in [0.1, 0.15) is 13.3 Å². The molecule has 1 fully saturated rings. The standard InChI is InChI=1S/C15H16ClN3O4S2/c1-9(13(20)17-12-5-6-25(21,22)8-12)24-15-19-18-14(23-15)10-3-2-4-11(16)7-10/h2-4,7,9,12H,5-6,8H2,1H3,(H,17,20)/t9-,12+/m1/s1. The summed E-state index contributed by atoms with van der Waals surface area (Å²) >= 11 is 7.06. The lowest BCUT2D eigenvalue weighted by atomic mass is 10.2. The van der Waals surface area contributed by atoms with Gasteiger partial charge in [0.05, 0.1) is 16.8 Å². The maximum Gasteiger partial charge on any atom is 0.277 e. The summed E-state index contributed by atoms with van der Waals surface area (Å²) in [5, 5.41) is 11.0. The second-order valence-electron chi connectivity index (χ2n) is 5.75. The number of benzene rings is 1. The number of rotatable bonds is 5. The number of hydrogen-bond acceptors (Lipinski definition) is 7. The molecule has 1 aromatic carbocycles. The van der Waals surface area contributed by atoms with Crippen LogP contribution in [0, 0.1) is 0 Å². The highest BCUT2D eigenvalue weighted by Gasteiger charge is 2.30. The van der Waals surface area contributed by atoms with E-state index in [1.807, 2.05) is 0 Å². The maximum atomic E-state index is 12.2. The lowest BCUT2D eigenvalue weighted by molar-refractivity contribution is -0.120. The summed E-state index contributed by atoms with van der Waals surface area (Å²) in [5.41, 5.74) is 0.695. The molecule has 0 aliphatic carbocycles. The summed E-state index contributed by atoms with van der Waals surface area (Å²) in [7, 11) is -3.03. The normalized spacial score (nSPS) is 20.3. The summed E-state index contributed by atoms with van der Waals surface area (Å²) in [6.45, 7) is 1.70. The molecule has 1 amide bonds. The molecule has 1 aromatic heterocycles. The predicted molar refractivity (Wildman–Crippen MR) is 95.3 cm³/mol. The van der Waals surface area contributed by atoms with Crippen LogP contribution in [0.25, 0.3) is 11.5 Å². The average Bonchev–Trinajstić information content (AvgIpc) is 3.13. The fourth-order valence-corrected chi connectivity index (χ4v) is 4.98. The molecule has 2 heterocycles. The number of carbonyl (C=O) groups excluding carboxylic acids is 1. The minimum absolute atomic E-state index is 0.00437. The van der Waals surface area contributed by atoms with Crippen molar-refractivity contribution in [3.63, 3.8) is 0 Å². The molecule has 2 aromatic rings. The number of halogens is 1. The zero-order chi connectivity index (χ0) is 18.0. The number of nitrogens with zero attached hydrogens (tertiary/aromatic N) is 2. The van der Waals surface area contributed by atoms with Crippen LogP contribution in [0.5, 0.6) is 0 Å². The van der Waals surface area contributed by atoms with Crippen LogP contribution in [0.15, 0.2) is 33.9 Å². The van der Waals surface area contributed by atoms with E-state index in [-0.39, 0.29) is 28.7 Å². The highest BCUT2D eigenvalue weighted by atomic mass is 35.5. The number of carbonyl (C=O) groups is 1. The van der Waals surface area contributed by atoms with Crippen molar-refractivity contribution in [2.24, 2.45) is 0 Å². The third kappa shape index (κ3) is 4.74. The summed E-state index contributed by atoms with van der Waals surface area (Å²) in [5.74, 6) is 0.177. The first kappa shape index (κ1) is 18.2. The first-order valence-electron chi connectivity index (χ1n) is 7.59. The van der Waals surface area contributed by atoms with Gasteiger partial charge in [0.2, 0.25) is 11.8 Å². The van der Waals surface area contributed by atoms with Crippen molar-refractivity contribution in [2.75, 3.05) is 11.5 Å². The van der Waals surface area contributed by atoms with Gasteiger partial charge < -0.3 is 9.73 Å². The first-order chi connectivity index (χ1) is 11.8. The number of sulfone groups is 1. The van der Waals surface area contributed by atoms with Gasteiger partial charge in [0.15, 0.2) is 9.84 Å². The molecule has 25 heavy (non-hydrogen) atoms. The Hall–Kier alpha value is -1.58. The highest BCUT2D eigenvalue weighted by molar-refractivity contribution is 8.00. The molecule has 0 spiro atoms. The highest BCUT2D eigenvalue weighted by Crippen LogP contribution is 2.27. The van der Waals surface area contributed by atoms with Gasteiger partial charge in [0.1, 0.15) is 0 Å². The molecule has 1 N–H and O–H groups in total. The van der Waals surface area contributed by atoms with E-state index in [4.69, 9.17) is 16.0 Å². The fraction of sp³-hybridized carbons (Fsp3) is 0.400. The molecule has 10 heteroatoms. The molecule has 1 saturated heterocycles. The quantitative estimate of drug-likeness (QED) is 0.766. The van der Waals surface area contributed by atoms with Crippen molar-refractivity contribution in [2.45, 2.75) is 29.9 Å². The Labute approximate surface area is 154 Å². The fourth-order valence-electron chi connectivity index (χ4n) is 2.43. The van der Waals surface area contributed by atoms with E-state index in [1.165, 1.54) is 0 Å². The van der Waals surface area contributed by atoms with E-state index in [9.17, 15) is 13.2 Å². The van der Waals surface area contributed by atoms with Gasteiger partial charge in [-0.2, -0.15) is 0 Å². The van der Waals surface area contributed by atoms with Gasteiger partial charge in [-0.1, -0.05) is 29.4 Å². The minimum atomic E-state index is -3.03. The van der Waals surface area contributed by atoms with Crippen LogP contribution in [0.2, 0.25) is 5.02 Å². The Morgan fingerprint density at radius 2 is 2.24 bits per heavy atom. The van der Waals surface area contributed by atoms with Gasteiger partial charge in [-0.3, -0.25) is 4.79 Å². The number of hydrogen-bond donors (Lipinski definition) is 1. The molecule has 0 bridgehead atoms. The van der Waals surface area contributed by atoms with Gasteiger partial charge in [-0.15, -0.1) is 10.2 Å². The van der Waals surface area contributed by atoms with Crippen LogP contribution in [-0.4, -0.2) is 47.3 Å². The number of nitrogens with one attached hydrogen (secondary N) is 1. The Balaban J connectivity index is 1.59. The van der Waals surface area contributed by atoms with Crippen LogP contribution in [0.3, 0.4) is 0 Å². The maximum absolute atomic E-state index is 12.2. The van der Waals surface area contributed by atoms with Crippen LogP contribution >= 0.6 is 23.4 Å². The minimum Gasteiger partial charge on any atom is -0.411 e. The lowest BCUT2D eigenvalue weighted by Crippen LogP contribution is -2.39. The molecule has 134 valence electrons. The Morgan fingerprint density at radius 3 is 2.92 bits per heavy atom. The van der Waals surface area contributed by atoms with Crippen LogP contribution in [-0.2, 0) is 14.6 Å². The van der Waals surface area contributed by atoms with E-state index < -0.39 is 15.1 Å². The molecule has 0 radical (unpaired) electrons. The molecule has 0 unspecified atom stereocenters.